The Morgan fingerprint density at radius 2 is 1.77 bits per heavy atom. The molecule has 0 aromatic heterocycles. The van der Waals surface area contributed by atoms with Gasteiger partial charge in [-0.2, -0.15) is 0 Å². The quantitative estimate of drug-likeness (QED) is 0.473. The molecule has 0 saturated heterocycles. The number of ether oxygens (including phenoxy) is 2. The van der Waals surface area contributed by atoms with E-state index in [0.717, 1.165) is 44.1 Å². The van der Waals surface area contributed by atoms with Crippen LogP contribution >= 0.6 is 0 Å². The molecule has 0 heterocycles. The van der Waals surface area contributed by atoms with Gasteiger partial charge in [0.2, 0.25) is 0 Å². The number of carbonyl (C=O) groups is 2. The number of hydrogen-bond donors (Lipinski definition) is 2. The van der Waals surface area contributed by atoms with Crippen LogP contribution in [0.2, 0.25) is 0 Å². The molecule has 0 radical (unpaired) electrons. The first-order valence-electron chi connectivity index (χ1n) is 12.3. The zero-order chi connectivity index (χ0) is 24.8. The van der Waals surface area contributed by atoms with E-state index < -0.39 is 5.97 Å². The van der Waals surface area contributed by atoms with Crippen molar-refractivity contribution in [1.29, 1.82) is 0 Å². The zero-order valence-electron chi connectivity index (χ0n) is 20.0. The minimum absolute atomic E-state index is 0.0113. The number of nitrogens with zero attached hydrogens (tertiary/aromatic N) is 1. The Labute approximate surface area is 205 Å². The number of carboxylic acid groups (broad SMARTS) is 1. The second kappa shape index (κ2) is 11.6. The van der Waals surface area contributed by atoms with Crippen LogP contribution in [0, 0.1) is 12.7 Å². The molecule has 2 aliphatic carbocycles. The van der Waals surface area contributed by atoms with E-state index in [1.807, 2.05) is 6.07 Å². The second-order valence-electron chi connectivity index (χ2n) is 9.37. The van der Waals surface area contributed by atoms with Gasteiger partial charge >= 0.3 is 12.0 Å². The van der Waals surface area contributed by atoms with Crippen LogP contribution in [0.25, 0.3) is 0 Å². The van der Waals surface area contributed by atoms with Crippen molar-refractivity contribution in [3.63, 3.8) is 0 Å². The molecule has 2 aliphatic rings. The highest BCUT2D eigenvalue weighted by atomic mass is 19.1. The number of halogens is 1. The first-order chi connectivity index (χ1) is 16.9. The Balaban J connectivity index is 1.24. The molecule has 35 heavy (non-hydrogen) atoms. The molecule has 7 nitrogen and oxygen atoms in total. The molecule has 0 spiro atoms. The molecule has 8 heteroatoms. The van der Waals surface area contributed by atoms with E-state index in [1.54, 1.807) is 36.1 Å². The fourth-order valence-corrected chi connectivity index (χ4v) is 4.65. The first kappa shape index (κ1) is 25.1. The molecule has 0 bridgehead atoms. The van der Waals surface area contributed by atoms with Gasteiger partial charge in [0.15, 0.2) is 0 Å². The fraction of sp³-hybridized carbons (Fsp3) is 0.481. The molecule has 2 aromatic carbocycles. The third-order valence-corrected chi connectivity index (χ3v) is 6.66. The first-order valence-corrected chi connectivity index (χ1v) is 12.3. The van der Waals surface area contributed by atoms with Crippen molar-refractivity contribution >= 4 is 17.7 Å². The van der Waals surface area contributed by atoms with Gasteiger partial charge in [0.1, 0.15) is 5.82 Å². The summed E-state index contributed by atoms with van der Waals surface area (Å²) < 4.78 is 25.3. The second-order valence-corrected chi connectivity index (χ2v) is 9.37. The minimum atomic E-state index is -0.935. The normalized spacial score (nSPS) is 19.8. The largest absolute Gasteiger partial charge is 0.478 e. The zero-order valence-corrected chi connectivity index (χ0v) is 20.0. The van der Waals surface area contributed by atoms with E-state index in [0.29, 0.717) is 30.0 Å². The van der Waals surface area contributed by atoms with E-state index >= 15 is 0 Å². The Morgan fingerprint density at radius 1 is 1.06 bits per heavy atom. The van der Waals surface area contributed by atoms with E-state index in [2.05, 4.69) is 5.32 Å². The van der Waals surface area contributed by atoms with Gasteiger partial charge in [-0.1, -0.05) is 18.2 Å². The molecule has 2 fully saturated rings. The van der Waals surface area contributed by atoms with Gasteiger partial charge < -0.3 is 24.8 Å². The Hall–Kier alpha value is -2.97. The number of rotatable bonds is 10. The fourth-order valence-electron chi connectivity index (χ4n) is 4.65. The number of amides is 2. The number of carboxylic acids is 1. The summed E-state index contributed by atoms with van der Waals surface area (Å²) in [4.78, 5) is 26.1. The van der Waals surface area contributed by atoms with Crippen LogP contribution in [0.4, 0.5) is 14.9 Å². The molecular weight excluding hydrogens is 451 g/mol. The number of carbonyl (C=O) groups excluding carboxylic acids is 1. The molecule has 2 N–H and O–H groups in total. The van der Waals surface area contributed by atoms with Crippen LogP contribution in [0.15, 0.2) is 42.5 Å². The van der Waals surface area contributed by atoms with Gasteiger partial charge in [0, 0.05) is 18.3 Å². The number of anilines is 1. The van der Waals surface area contributed by atoms with Gasteiger partial charge in [-0.25, -0.2) is 14.0 Å². The molecule has 2 atom stereocenters. The lowest BCUT2D eigenvalue weighted by molar-refractivity contribution is -0.0524. The van der Waals surface area contributed by atoms with Crippen LogP contribution < -0.4 is 5.32 Å². The summed E-state index contributed by atoms with van der Waals surface area (Å²) in [5, 5.41) is 12.4. The van der Waals surface area contributed by atoms with Crippen molar-refractivity contribution in [2.45, 2.75) is 70.3 Å². The van der Waals surface area contributed by atoms with Crippen molar-refractivity contribution in [3.05, 3.63) is 65.0 Å². The molecule has 2 unspecified atom stereocenters. The lowest BCUT2D eigenvalue weighted by Gasteiger charge is -2.30. The van der Waals surface area contributed by atoms with Crippen LogP contribution in [0.5, 0.6) is 0 Å². The van der Waals surface area contributed by atoms with E-state index in [-0.39, 0.29) is 36.7 Å². The Morgan fingerprint density at radius 3 is 2.46 bits per heavy atom. The average molecular weight is 485 g/mol. The highest BCUT2D eigenvalue weighted by Crippen LogP contribution is 2.28. The molecule has 0 aliphatic heterocycles. The van der Waals surface area contributed by atoms with Gasteiger partial charge in [0.05, 0.1) is 31.0 Å². The van der Waals surface area contributed by atoms with E-state index in [4.69, 9.17) is 9.47 Å². The molecule has 4 rings (SSSR count). The van der Waals surface area contributed by atoms with Crippen LogP contribution in [-0.4, -0.2) is 53.4 Å². The van der Waals surface area contributed by atoms with Gasteiger partial charge in [-0.3, -0.25) is 0 Å². The summed E-state index contributed by atoms with van der Waals surface area (Å²) in [5.74, 6) is -1.28. The number of aromatic carboxylic acids is 1. The van der Waals surface area contributed by atoms with Crippen molar-refractivity contribution in [2.24, 2.45) is 0 Å². The summed E-state index contributed by atoms with van der Waals surface area (Å²) in [6.07, 6.45) is 5.61. The number of aryl methyl sites for hydroxylation is 1. The molecule has 2 amide bonds. The Bertz CT molecular complexity index is 1020. The number of benzene rings is 2. The average Bonchev–Trinajstić information content (AvgIpc) is 3.67. The van der Waals surface area contributed by atoms with Crippen LogP contribution in [-0.2, 0) is 16.1 Å². The molecule has 188 valence electrons. The number of nitrogens with one attached hydrogen (secondary N) is 1. The number of urea groups is 1. The highest BCUT2D eigenvalue weighted by molar-refractivity contribution is 5.91. The third kappa shape index (κ3) is 7.02. The lowest BCUT2D eigenvalue weighted by atomic mass is 9.94. The van der Waals surface area contributed by atoms with Gasteiger partial charge in [0.25, 0.3) is 0 Å². The third-order valence-electron chi connectivity index (χ3n) is 6.66. The summed E-state index contributed by atoms with van der Waals surface area (Å²) in [6.45, 7) is 2.98. The van der Waals surface area contributed by atoms with Crippen LogP contribution in [0.1, 0.15) is 60.0 Å². The number of hydrogen-bond acceptors (Lipinski definition) is 4. The topological polar surface area (TPSA) is 88.1 Å². The Kier molecular flexibility index (Phi) is 8.36. The summed E-state index contributed by atoms with van der Waals surface area (Å²) >= 11 is 0. The predicted molar refractivity (Wildman–Crippen MR) is 130 cm³/mol. The summed E-state index contributed by atoms with van der Waals surface area (Å²) in [6, 6.07) is 11.2. The van der Waals surface area contributed by atoms with Crippen molar-refractivity contribution < 1.29 is 28.6 Å². The van der Waals surface area contributed by atoms with E-state index in [1.165, 1.54) is 12.1 Å². The lowest BCUT2D eigenvalue weighted by Crippen LogP contribution is -2.40. The van der Waals surface area contributed by atoms with E-state index in [9.17, 15) is 19.1 Å². The minimum Gasteiger partial charge on any atom is -0.478 e. The van der Waals surface area contributed by atoms with Gasteiger partial charge in [-0.05, 0) is 80.8 Å². The smallest absolute Gasteiger partial charge is 0.336 e. The molecule has 2 saturated carbocycles. The molecular formula is C27H33FN2O5. The maximum Gasteiger partial charge on any atom is 0.336 e. The van der Waals surface area contributed by atoms with Gasteiger partial charge in [-0.15, -0.1) is 0 Å². The summed E-state index contributed by atoms with van der Waals surface area (Å²) in [7, 11) is 0. The van der Waals surface area contributed by atoms with Crippen LogP contribution in [0.3, 0.4) is 0 Å². The monoisotopic (exact) mass is 484 g/mol. The van der Waals surface area contributed by atoms with Crippen molar-refractivity contribution in [1.82, 2.24) is 4.90 Å². The molecule has 2 aromatic rings. The maximum atomic E-state index is 13.1. The highest BCUT2D eigenvalue weighted by Gasteiger charge is 2.33. The standard InChI is InChI=1S/C27H33FN2O5/c1-18-4-2-5-19(25(18)26(31)32)17-35-24-7-3-6-23(16-24)34-15-14-30(22-12-13-22)27(33)29-21-10-8-20(28)9-11-21/h2,4-5,8-11,22-24H,3,6-7,12-17H2,1H3,(H,29,33)(H,31,32). The van der Waals surface area contributed by atoms with Crippen molar-refractivity contribution in [3.8, 4) is 0 Å². The SMILES string of the molecule is Cc1cccc(COC2CCCC(OCCN(C(=O)Nc3ccc(F)cc3)C3CC3)C2)c1C(=O)O. The predicted octanol–water partition coefficient (Wildman–Crippen LogP) is 5.37. The van der Waals surface area contributed by atoms with Crippen molar-refractivity contribution in [2.75, 3.05) is 18.5 Å². The maximum absolute atomic E-state index is 13.1. The summed E-state index contributed by atoms with van der Waals surface area (Å²) in [5.41, 5.74) is 2.30.